The van der Waals surface area contributed by atoms with E-state index < -0.39 is 17.2 Å². The minimum absolute atomic E-state index is 0.00201. The van der Waals surface area contributed by atoms with Gasteiger partial charge in [0.25, 0.3) is 0 Å². The lowest BCUT2D eigenvalue weighted by molar-refractivity contribution is -0.139. The van der Waals surface area contributed by atoms with E-state index in [1.54, 1.807) is 13.0 Å². The Balaban J connectivity index is 1.31. The molecule has 2 aromatic rings. The van der Waals surface area contributed by atoms with Crippen LogP contribution in [0.25, 0.3) is 10.9 Å². The van der Waals surface area contributed by atoms with E-state index in [0.717, 1.165) is 61.7 Å². The first kappa shape index (κ1) is 26.5. The van der Waals surface area contributed by atoms with Gasteiger partial charge < -0.3 is 25.0 Å². The third kappa shape index (κ3) is 5.14. The van der Waals surface area contributed by atoms with Crippen molar-refractivity contribution in [1.82, 2.24) is 15.2 Å². The average Bonchev–Trinajstić information content (AvgIpc) is 3.25. The predicted octanol–water partition coefficient (Wildman–Crippen LogP) is 4.47. The van der Waals surface area contributed by atoms with E-state index in [1.807, 2.05) is 0 Å². The molecule has 1 aromatic heterocycles. The fourth-order valence-electron chi connectivity index (χ4n) is 6.87. The minimum atomic E-state index is -4.36. The van der Waals surface area contributed by atoms with Crippen molar-refractivity contribution < 1.29 is 27.8 Å². The van der Waals surface area contributed by atoms with Crippen LogP contribution in [0.15, 0.2) is 18.2 Å². The molecule has 204 valence electrons. The Morgan fingerprint density at radius 2 is 2.08 bits per heavy atom. The van der Waals surface area contributed by atoms with Gasteiger partial charge in [0.2, 0.25) is 5.91 Å². The standard InChI is InChI=1S/C28H38F3N3O3/c1-17(16-35)32-26(36)27(7-11-37-12-8-27)6-10-34-9-5-19-13-24-25(18(2)22(19)15-34)21-14-20(28(29,30)31)3-4-23(21)33-24/h3-4,14,17-19,22,33,35H,5-13,15-16H2,1-2H3,(H,32,36)/t17-,18+,19?,22+/m0/s1. The second-order valence-corrected chi connectivity index (χ2v) is 11.5. The summed E-state index contributed by atoms with van der Waals surface area (Å²) in [7, 11) is 0. The van der Waals surface area contributed by atoms with E-state index in [2.05, 4.69) is 22.1 Å². The number of halogens is 3. The summed E-state index contributed by atoms with van der Waals surface area (Å²) in [5.41, 5.74) is 1.83. The van der Waals surface area contributed by atoms with Crippen molar-refractivity contribution in [1.29, 1.82) is 0 Å². The molecule has 2 fully saturated rings. The van der Waals surface area contributed by atoms with Crippen molar-refractivity contribution >= 4 is 16.8 Å². The molecule has 5 rings (SSSR count). The van der Waals surface area contributed by atoms with E-state index in [1.165, 1.54) is 6.07 Å². The Morgan fingerprint density at radius 1 is 1.32 bits per heavy atom. The number of aliphatic hydroxyl groups excluding tert-OH is 1. The Hall–Kier alpha value is -2.10. The highest BCUT2D eigenvalue weighted by Crippen LogP contribution is 2.47. The lowest BCUT2D eigenvalue weighted by Crippen LogP contribution is -2.51. The van der Waals surface area contributed by atoms with E-state index in [9.17, 15) is 23.1 Å². The maximum absolute atomic E-state index is 13.4. The third-order valence-corrected chi connectivity index (χ3v) is 9.19. The van der Waals surface area contributed by atoms with Gasteiger partial charge in [0, 0.05) is 42.4 Å². The van der Waals surface area contributed by atoms with Gasteiger partial charge in [-0.3, -0.25) is 4.79 Å². The SMILES string of the molecule is C[C@@H](CO)NC(=O)C1(CCN2CCC3Cc4[nH]c5ccc(C(F)(F)F)cc5c4[C@H](C)[C@H]3C2)CCOCC1. The Bertz CT molecular complexity index is 1130. The van der Waals surface area contributed by atoms with Crippen molar-refractivity contribution in [3.05, 3.63) is 35.0 Å². The number of hydrogen-bond acceptors (Lipinski definition) is 4. The van der Waals surface area contributed by atoms with Crippen molar-refractivity contribution in [2.45, 2.75) is 64.1 Å². The Morgan fingerprint density at radius 3 is 2.78 bits per heavy atom. The number of fused-ring (bicyclic) bond motifs is 4. The van der Waals surface area contributed by atoms with Crippen molar-refractivity contribution in [3.8, 4) is 0 Å². The molecule has 0 bridgehead atoms. The zero-order valence-electron chi connectivity index (χ0n) is 21.7. The fraction of sp³-hybridized carbons (Fsp3) is 0.679. The first-order valence-electron chi connectivity index (χ1n) is 13.5. The molecule has 1 aromatic carbocycles. The molecule has 6 nitrogen and oxygen atoms in total. The summed E-state index contributed by atoms with van der Waals surface area (Å²) in [5, 5.41) is 13.1. The summed E-state index contributed by atoms with van der Waals surface area (Å²) >= 11 is 0. The van der Waals surface area contributed by atoms with Gasteiger partial charge >= 0.3 is 6.18 Å². The monoisotopic (exact) mass is 521 g/mol. The van der Waals surface area contributed by atoms with Gasteiger partial charge in [0.15, 0.2) is 0 Å². The third-order valence-electron chi connectivity index (χ3n) is 9.19. The molecule has 2 saturated heterocycles. The van der Waals surface area contributed by atoms with Crippen LogP contribution in [0.5, 0.6) is 0 Å². The minimum Gasteiger partial charge on any atom is -0.394 e. The molecule has 9 heteroatoms. The van der Waals surface area contributed by atoms with Gasteiger partial charge in [0.05, 0.1) is 17.6 Å². The average molecular weight is 522 g/mol. The van der Waals surface area contributed by atoms with Gasteiger partial charge in [-0.05, 0) is 93.6 Å². The first-order chi connectivity index (χ1) is 17.6. The summed E-state index contributed by atoms with van der Waals surface area (Å²) in [5.74, 6) is 1.02. The quantitative estimate of drug-likeness (QED) is 0.524. The van der Waals surface area contributed by atoms with Crippen LogP contribution in [-0.2, 0) is 22.1 Å². The highest BCUT2D eigenvalue weighted by molar-refractivity contribution is 5.86. The molecule has 0 spiro atoms. The van der Waals surface area contributed by atoms with Gasteiger partial charge in [-0.15, -0.1) is 0 Å². The van der Waals surface area contributed by atoms with Crippen LogP contribution < -0.4 is 5.32 Å². The van der Waals surface area contributed by atoms with Crippen LogP contribution in [0.2, 0.25) is 0 Å². The number of H-pyrrole nitrogens is 1. The molecule has 1 unspecified atom stereocenters. The molecule has 3 heterocycles. The molecular weight excluding hydrogens is 483 g/mol. The van der Waals surface area contributed by atoms with E-state index >= 15 is 0 Å². The predicted molar refractivity (Wildman–Crippen MR) is 135 cm³/mol. The molecule has 1 aliphatic carbocycles. The lowest BCUT2D eigenvalue weighted by atomic mass is 9.68. The molecule has 1 amide bonds. The summed E-state index contributed by atoms with van der Waals surface area (Å²) in [6, 6.07) is 3.75. The molecule has 3 aliphatic rings. The maximum Gasteiger partial charge on any atom is 0.416 e. The number of amides is 1. The number of hydrogen-bond donors (Lipinski definition) is 3. The molecule has 2 aliphatic heterocycles. The number of ether oxygens (including phenoxy) is 1. The van der Waals surface area contributed by atoms with Crippen molar-refractivity contribution in [2.75, 3.05) is 39.5 Å². The van der Waals surface area contributed by atoms with Crippen molar-refractivity contribution in [2.24, 2.45) is 17.3 Å². The number of carbonyl (C=O) groups excluding carboxylic acids is 1. The number of alkyl halides is 3. The van der Waals surface area contributed by atoms with E-state index in [0.29, 0.717) is 43.3 Å². The number of aliphatic hydroxyl groups is 1. The van der Waals surface area contributed by atoms with Gasteiger partial charge in [-0.1, -0.05) is 6.92 Å². The van der Waals surface area contributed by atoms with Gasteiger partial charge in [-0.25, -0.2) is 0 Å². The topological polar surface area (TPSA) is 77.6 Å². The van der Waals surface area contributed by atoms with Crippen LogP contribution in [0.3, 0.4) is 0 Å². The van der Waals surface area contributed by atoms with Gasteiger partial charge in [-0.2, -0.15) is 13.2 Å². The number of benzene rings is 1. The Labute approximate surface area is 215 Å². The number of nitrogens with one attached hydrogen (secondary N) is 2. The van der Waals surface area contributed by atoms with Crippen LogP contribution in [0, 0.1) is 17.3 Å². The highest BCUT2D eigenvalue weighted by atomic mass is 19.4. The summed E-state index contributed by atoms with van der Waals surface area (Å²) in [6.07, 6.45) is -0.360. The van der Waals surface area contributed by atoms with Crippen LogP contribution in [0.1, 0.15) is 62.3 Å². The fourth-order valence-corrected chi connectivity index (χ4v) is 6.87. The van der Waals surface area contributed by atoms with E-state index in [-0.39, 0.29) is 24.5 Å². The largest absolute Gasteiger partial charge is 0.416 e. The number of aromatic amines is 1. The molecule has 0 saturated carbocycles. The zero-order valence-corrected chi connectivity index (χ0v) is 21.7. The molecule has 0 radical (unpaired) electrons. The molecule has 3 N–H and O–H groups in total. The normalized spacial score (nSPS) is 26.9. The maximum atomic E-state index is 13.4. The number of carbonyl (C=O) groups is 1. The van der Waals surface area contributed by atoms with Crippen LogP contribution >= 0.6 is 0 Å². The molecule has 37 heavy (non-hydrogen) atoms. The number of nitrogens with zero attached hydrogens (tertiary/aromatic N) is 1. The second kappa shape index (κ2) is 10.2. The summed E-state index contributed by atoms with van der Waals surface area (Å²) < 4.78 is 45.8. The Kier molecular flexibility index (Phi) is 7.33. The highest BCUT2D eigenvalue weighted by Gasteiger charge is 2.43. The lowest BCUT2D eigenvalue weighted by Gasteiger charge is -2.45. The summed E-state index contributed by atoms with van der Waals surface area (Å²) in [4.78, 5) is 19.1. The summed E-state index contributed by atoms with van der Waals surface area (Å²) in [6.45, 7) is 7.65. The van der Waals surface area contributed by atoms with Gasteiger partial charge in [0.1, 0.15) is 0 Å². The van der Waals surface area contributed by atoms with Crippen LogP contribution in [0.4, 0.5) is 13.2 Å². The molecule has 4 atom stereocenters. The number of rotatable bonds is 6. The van der Waals surface area contributed by atoms with Crippen molar-refractivity contribution in [3.63, 3.8) is 0 Å². The second-order valence-electron chi connectivity index (χ2n) is 11.5. The number of aromatic nitrogens is 1. The smallest absolute Gasteiger partial charge is 0.394 e. The van der Waals surface area contributed by atoms with Crippen LogP contribution in [-0.4, -0.2) is 66.4 Å². The van der Waals surface area contributed by atoms with E-state index in [4.69, 9.17) is 4.74 Å². The molecular formula is C28H38F3N3O3. The zero-order chi connectivity index (χ0) is 26.4. The number of likely N-dealkylation sites (tertiary alicyclic amines) is 1. The number of piperidine rings is 1. The first-order valence-corrected chi connectivity index (χ1v) is 13.5.